The zero-order valence-electron chi connectivity index (χ0n) is 10.7. The van der Waals surface area contributed by atoms with E-state index < -0.39 is 4.92 Å². The first-order valence-electron chi connectivity index (χ1n) is 5.90. The normalized spacial score (nSPS) is 10.3. The molecule has 0 aliphatic carbocycles. The lowest BCUT2D eigenvalue weighted by molar-refractivity contribution is -0.384. The number of benzene rings is 2. The number of anilines is 1. The number of nitrogens with zero attached hydrogens (tertiary/aromatic N) is 1. The average Bonchev–Trinajstić information content (AvgIpc) is 2.39. The number of aryl methyl sites for hydroxylation is 1. The minimum atomic E-state index is -0.489. The van der Waals surface area contributed by atoms with Gasteiger partial charge in [0, 0.05) is 17.6 Å². The lowest BCUT2D eigenvalue weighted by Gasteiger charge is -2.10. The van der Waals surface area contributed by atoms with Gasteiger partial charge in [-0.3, -0.25) is 10.1 Å². The van der Waals surface area contributed by atoms with Gasteiger partial charge in [-0.05, 0) is 42.3 Å². The third-order valence-electron chi connectivity index (χ3n) is 2.94. The third kappa shape index (κ3) is 3.24. The van der Waals surface area contributed by atoms with E-state index in [0.717, 1.165) is 11.1 Å². The number of nitro benzene ring substituents is 1. The summed E-state index contributed by atoms with van der Waals surface area (Å²) >= 11 is 5.84. The van der Waals surface area contributed by atoms with Crippen molar-refractivity contribution in [3.63, 3.8) is 0 Å². The second kappa shape index (κ2) is 5.88. The Labute approximate surface area is 120 Å². The van der Waals surface area contributed by atoms with Crippen LogP contribution in [0.5, 0.6) is 0 Å². The number of hydrogen-bond acceptors (Lipinski definition) is 3. The predicted octanol–water partition coefficient (Wildman–Crippen LogP) is 4.31. The summed E-state index contributed by atoms with van der Waals surface area (Å²) in [4.78, 5) is 10.4. The second-order valence-electron chi connectivity index (χ2n) is 4.34. The Morgan fingerprint density at radius 2 is 2.05 bits per heavy atom. The summed E-state index contributed by atoms with van der Waals surface area (Å²) in [6.07, 6.45) is 0. The van der Waals surface area contributed by atoms with Crippen LogP contribution in [0.3, 0.4) is 0 Å². The van der Waals surface area contributed by atoms with E-state index in [0.29, 0.717) is 10.7 Å². The first-order valence-corrected chi connectivity index (χ1v) is 6.28. The summed E-state index contributed by atoms with van der Waals surface area (Å²) in [6.45, 7) is 2.13. The van der Waals surface area contributed by atoms with Gasteiger partial charge in [0.1, 0.15) is 11.5 Å². The fourth-order valence-corrected chi connectivity index (χ4v) is 2.00. The molecule has 0 amide bonds. The number of rotatable bonds is 4. The summed E-state index contributed by atoms with van der Waals surface area (Å²) in [5, 5.41) is 14.3. The standard InChI is InChI=1S/C14H12ClFN2O2/c1-9-2-4-12(16)6-10(9)8-17-13-7-11(15)3-5-14(13)18(19)20/h2-7,17H,8H2,1H3. The Morgan fingerprint density at radius 1 is 1.30 bits per heavy atom. The maximum atomic E-state index is 13.2. The zero-order chi connectivity index (χ0) is 14.7. The van der Waals surface area contributed by atoms with Gasteiger partial charge in [-0.15, -0.1) is 0 Å². The highest BCUT2D eigenvalue weighted by atomic mass is 35.5. The first-order chi connectivity index (χ1) is 9.47. The molecule has 0 aromatic heterocycles. The van der Waals surface area contributed by atoms with Crippen LogP contribution in [0.15, 0.2) is 36.4 Å². The van der Waals surface area contributed by atoms with E-state index in [1.54, 1.807) is 6.07 Å². The first kappa shape index (κ1) is 14.3. The number of nitro groups is 1. The minimum Gasteiger partial charge on any atom is -0.375 e. The molecule has 0 atom stereocenters. The second-order valence-corrected chi connectivity index (χ2v) is 4.78. The molecule has 104 valence electrons. The Balaban J connectivity index is 2.24. The summed E-state index contributed by atoms with van der Waals surface area (Å²) in [5.74, 6) is -0.340. The monoisotopic (exact) mass is 294 g/mol. The average molecular weight is 295 g/mol. The molecule has 0 fully saturated rings. The highest BCUT2D eigenvalue weighted by molar-refractivity contribution is 6.31. The number of hydrogen-bond donors (Lipinski definition) is 1. The van der Waals surface area contributed by atoms with Crippen LogP contribution >= 0.6 is 11.6 Å². The predicted molar refractivity (Wildman–Crippen MR) is 76.6 cm³/mol. The van der Waals surface area contributed by atoms with Gasteiger partial charge in [0.15, 0.2) is 0 Å². The van der Waals surface area contributed by atoms with Crippen LogP contribution in [0.2, 0.25) is 5.02 Å². The van der Waals surface area contributed by atoms with Gasteiger partial charge in [-0.2, -0.15) is 0 Å². The largest absolute Gasteiger partial charge is 0.375 e. The maximum absolute atomic E-state index is 13.2. The molecule has 2 rings (SSSR count). The summed E-state index contributed by atoms with van der Waals surface area (Å²) in [7, 11) is 0. The third-order valence-corrected chi connectivity index (χ3v) is 3.17. The SMILES string of the molecule is Cc1ccc(F)cc1CNc1cc(Cl)ccc1[N+](=O)[O-]. The van der Waals surface area contributed by atoms with Gasteiger partial charge in [0.2, 0.25) is 0 Å². The van der Waals surface area contributed by atoms with Crippen molar-refractivity contribution in [1.29, 1.82) is 0 Å². The summed E-state index contributed by atoms with van der Waals surface area (Å²) in [5.41, 5.74) is 1.89. The van der Waals surface area contributed by atoms with Crippen LogP contribution in [0.4, 0.5) is 15.8 Å². The molecule has 2 aromatic carbocycles. The maximum Gasteiger partial charge on any atom is 0.292 e. The fourth-order valence-electron chi connectivity index (χ4n) is 1.83. The van der Waals surface area contributed by atoms with E-state index in [-0.39, 0.29) is 18.0 Å². The number of halogens is 2. The highest BCUT2D eigenvalue weighted by Gasteiger charge is 2.13. The molecule has 0 heterocycles. The van der Waals surface area contributed by atoms with E-state index in [4.69, 9.17) is 11.6 Å². The highest BCUT2D eigenvalue weighted by Crippen LogP contribution is 2.28. The molecular weight excluding hydrogens is 283 g/mol. The van der Waals surface area contributed by atoms with E-state index >= 15 is 0 Å². The van der Waals surface area contributed by atoms with Crippen LogP contribution in [-0.2, 0) is 6.54 Å². The molecule has 0 bridgehead atoms. The Bertz CT molecular complexity index is 662. The van der Waals surface area contributed by atoms with Crippen molar-refractivity contribution in [3.05, 3.63) is 68.5 Å². The summed E-state index contributed by atoms with van der Waals surface area (Å²) in [6, 6.07) is 8.72. The Kier molecular flexibility index (Phi) is 4.20. The molecule has 0 aliphatic rings. The van der Waals surface area contributed by atoms with Crippen molar-refractivity contribution in [2.75, 3.05) is 5.32 Å². The molecule has 4 nitrogen and oxygen atoms in total. The molecule has 0 saturated heterocycles. The Morgan fingerprint density at radius 3 is 2.75 bits per heavy atom. The van der Waals surface area contributed by atoms with Crippen LogP contribution in [0.25, 0.3) is 0 Å². The molecule has 0 unspecified atom stereocenters. The van der Waals surface area contributed by atoms with Crippen molar-refractivity contribution in [1.82, 2.24) is 0 Å². The lowest BCUT2D eigenvalue weighted by Crippen LogP contribution is -2.04. The lowest BCUT2D eigenvalue weighted by atomic mass is 10.1. The van der Waals surface area contributed by atoms with Crippen LogP contribution in [0.1, 0.15) is 11.1 Å². The van der Waals surface area contributed by atoms with E-state index in [1.165, 1.54) is 30.3 Å². The molecule has 0 radical (unpaired) electrons. The van der Waals surface area contributed by atoms with Crippen molar-refractivity contribution in [2.24, 2.45) is 0 Å². The smallest absolute Gasteiger partial charge is 0.292 e. The summed E-state index contributed by atoms with van der Waals surface area (Å²) < 4.78 is 13.2. The van der Waals surface area contributed by atoms with E-state index in [9.17, 15) is 14.5 Å². The van der Waals surface area contributed by atoms with Crippen LogP contribution in [-0.4, -0.2) is 4.92 Å². The number of nitrogens with one attached hydrogen (secondary N) is 1. The van der Waals surface area contributed by atoms with Crippen molar-refractivity contribution >= 4 is 23.0 Å². The van der Waals surface area contributed by atoms with Gasteiger partial charge in [0.25, 0.3) is 5.69 Å². The van der Waals surface area contributed by atoms with Gasteiger partial charge in [-0.1, -0.05) is 17.7 Å². The van der Waals surface area contributed by atoms with Crippen molar-refractivity contribution in [3.8, 4) is 0 Å². The fraction of sp³-hybridized carbons (Fsp3) is 0.143. The molecule has 0 spiro atoms. The van der Waals surface area contributed by atoms with Gasteiger partial charge in [0.05, 0.1) is 4.92 Å². The van der Waals surface area contributed by atoms with Gasteiger partial charge >= 0.3 is 0 Å². The molecule has 1 N–H and O–H groups in total. The van der Waals surface area contributed by atoms with Crippen LogP contribution < -0.4 is 5.32 Å². The van der Waals surface area contributed by atoms with Crippen molar-refractivity contribution in [2.45, 2.75) is 13.5 Å². The molecular formula is C14H12ClFN2O2. The van der Waals surface area contributed by atoms with Gasteiger partial charge < -0.3 is 5.32 Å². The zero-order valence-corrected chi connectivity index (χ0v) is 11.4. The molecule has 6 heteroatoms. The van der Waals surface area contributed by atoms with Crippen molar-refractivity contribution < 1.29 is 9.31 Å². The Hall–Kier alpha value is -2.14. The minimum absolute atomic E-state index is 0.0662. The van der Waals surface area contributed by atoms with Crippen LogP contribution in [0, 0.1) is 22.9 Å². The quantitative estimate of drug-likeness (QED) is 0.675. The molecule has 0 aliphatic heterocycles. The van der Waals surface area contributed by atoms with E-state index in [2.05, 4.69) is 5.32 Å². The molecule has 0 saturated carbocycles. The topological polar surface area (TPSA) is 55.2 Å². The van der Waals surface area contributed by atoms with Gasteiger partial charge in [-0.25, -0.2) is 4.39 Å². The van der Waals surface area contributed by atoms with E-state index in [1.807, 2.05) is 6.92 Å². The molecule has 20 heavy (non-hydrogen) atoms. The molecule has 2 aromatic rings.